The summed E-state index contributed by atoms with van der Waals surface area (Å²) in [4.78, 5) is 0. The molecule has 2 aromatic rings. The van der Waals surface area contributed by atoms with Gasteiger partial charge >= 0.3 is 0 Å². The molecule has 1 unspecified atom stereocenters. The lowest BCUT2D eigenvalue weighted by Gasteiger charge is -2.29. The van der Waals surface area contributed by atoms with Crippen LogP contribution < -0.4 is 0 Å². The molecule has 3 fully saturated rings. The average Bonchev–Trinajstić information content (AvgIpc) is 3.75. The van der Waals surface area contributed by atoms with Crippen molar-refractivity contribution in [2.24, 2.45) is 11.8 Å². The van der Waals surface area contributed by atoms with Crippen LogP contribution in [0, 0.1) is 23.5 Å². The van der Waals surface area contributed by atoms with Gasteiger partial charge in [-0.2, -0.15) is 0 Å². The Balaban J connectivity index is 1.02. The van der Waals surface area contributed by atoms with Crippen LogP contribution >= 0.6 is 0 Å². The molecule has 2 aromatic carbocycles. The van der Waals surface area contributed by atoms with Crippen molar-refractivity contribution < 1.29 is 13.5 Å². The smallest absolute Gasteiger partial charge is 0.165 e. The quantitative estimate of drug-likeness (QED) is 0.272. The van der Waals surface area contributed by atoms with Crippen LogP contribution in [0.5, 0.6) is 0 Å². The van der Waals surface area contributed by atoms with E-state index < -0.39 is 11.6 Å². The van der Waals surface area contributed by atoms with E-state index in [0.717, 1.165) is 50.4 Å². The van der Waals surface area contributed by atoms with E-state index in [0.29, 0.717) is 23.7 Å². The second-order valence-corrected chi connectivity index (χ2v) is 11.1. The fourth-order valence-corrected chi connectivity index (χ4v) is 6.42. The summed E-state index contributed by atoms with van der Waals surface area (Å²) in [5, 5.41) is 0. The molecular weight excluding hydrogens is 438 g/mol. The van der Waals surface area contributed by atoms with Gasteiger partial charge < -0.3 is 4.74 Å². The molecule has 1 saturated heterocycles. The summed E-state index contributed by atoms with van der Waals surface area (Å²) in [7, 11) is 0. The monoisotopic (exact) mass is 478 g/mol. The molecule has 1 atom stereocenters. The van der Waals surface area contributed by atoms with E-state index in [1.54, 1.807) is 12.1 Å². The van der Waals surface area contributed by atoms with Crippen LogP contribution in [0.2, 0.25) is 0 Å². The molecule has 0 aromatic heterocycles. The molecule has 1 aliphatic heterocycles. The van der Waals surface area contributed by atoms with Crippen molar-refractivity contribution in [3.63, 3.8) is 0 Å². The molecule has 0 amide bonds. The standard InChI is InChI=1S/C32H40F2O/c1-2-22-7-13-25(14-8-22)26-15-9-23(10-16-26)5-3-4-6-24-11-17-27(18-12-24)28-19-20-29(30-21-35-30)32(34)31(28)33/h3,5,7-8,13-14,19-20,23-24,26-27,30H,2,4,6,9-12,15-18,21H2,1H3/b5-3+. The molecule has 0 spiro atoms. The highest BCUT2D eigenvalue weighted by atomic mass is 19.2. The first-order valence-corrected chi connectivity index (χ1v) is 14.0. The van der Waals surface area contributed by atoms with Gasteiger partial charge in [0.25, 0.3) is 0 Å². The predicted octanol–water partition coefficient (Wildman–Crippen LogP) is 9.18. The molecule has 0 bridgehead atoms. The highest BCUT2D eigenvalue weighted by molar-refractivity contribution is 5.32. The molecule has 3 aliphatic rings. The summed E-state index contributed by atoms with van der Waals surface area (Å²) in [6, 6.07) is 12.8. The van der Waals surface area contributed by atoms with Gasteiger partial charge in [0.05, 0.1) is 6.61 Å². The fourth-order valence-electron chi connectivity index (χ4n) is 6.42. The van der Waals surface area contributed by atoms with Gasteiger partial charge in [-0.05, 0) is 111 Å². The molecule has 1 heterocycles. The SMILES string of the molecule is CCc1ccc(C2CCC(/C=C/CCC3CCC(c4ccc(C5CO5)c(F)c4F)CC3)CC2)cc1. The maximum absolute atomic E-state index is 14.7. The number of ether oxygens (including phenoxy) is 1. The first-order chi connectivity index (χ1) is 17.1. The van der Waals surface area contributed by atoms with Gasteiger partial charge in [-0.15, -0.1) is 0 Å². The number of rotatable bonds is 8. The molecule has 0 N–H and O–H groups in total. The summed E-state index contributed by atoms with van der Waals surface area (Å²) in [5.74, 6) is 0.998. The van der Waals surface area contributed by atoms with E-state index >= 15 is 0 Å². The number of aryl methyl sites for hydroxylation is 1. The van der Waals surface area contributed by atoms with Crippen molar-refractivity contribution in [2.75, 3.05) is 6.61 Å². The Labute approximate surface area is 210 Å². The van der Waals surface area contributed by atoms with Crippen molar-refractivity contribution in [2.45, 2.75) is 95.5 Å². The summed E-state index contributed by atoms with van der Waals surface area (Å²) >= 11 is 0. The molecule has 188 valence electrons. The molecule has 0 radical (unpaired) electrons. The Morgan fingerprint density at radius 1 is 0.800 bits per heavy atom. The minimum atomic E-state index is -0.694. The molecular formula is C32H40F2O. The first kappa shape index (κ1) is 24.7. The van der Waals surface area contributed by atoms with Crippen molar-refractivity contribution >= 4 is 0 Å². The van der Waals surface area contributed by atoms with E-state index in [2.05, 4.69) is 43.3 Å². The van der Waals surface area contributed by atoms with Gasteiger partial charge in [-0.1, -0.05) is 55.5 Å². The van der Waals surface area contributed by atoms with Crippen LogP contribution in [0.25, 0.3) is 0 Å². The van der Waals surface area contributed by atoms with Crippen LogP contribution in [0.1, 0.15) is 111 Å². The minimum absolute atomic E-state index is 0.152. The third kappa shape index (κ3) is 6.05. The zero-order chi connectivity index (χ0) is 24.2. The van der Waals surface area contributed by atoms with Crippen molar-refractivity contribution in [3.8, 4) is 0 Å². The Kier molecular flexibility index (Phi) is 8.02. The molecule has 3 heteroatoms. The van der Waals surface area contributed by atoms with Crippen LogP contribution in [0.3, 0.4) is 0 Å². The third-order valence-corrected chi connectivity index (χ3v) is 8.89. The van der Waals surface area contributed by atoms with Gasteiger partial charge in [-0.3, -0.25) is 0 Å². The normalized spacial score (nSPS) is 28.9. The van der Waals surface area contributed by atoms with Gasteiger partial charge in [-0.25, -0.2) is 8.78 Å². The highest BCUT2D eigenvalue weighted by Crippen LogP contribution is 2.41. The van der Waals surface area contributed by atoms with E-state index in [1.807, 2.05) is 0 Å². The molecule has 35 heavy (non-hydrogen) atoms. The van der Waals surface area contributed by atoms with Gasteiger partial charge in [0, 0.05) is 5.56 Å². The zero-order valence-corrected chi connectivity index (χ0v) is 21.2. The lowest BCUT2D eigenvalue weighted by Crippen LogP contribution is -2.15. The molecule has 5 rings (SSSR count). The third-order valence-electron chi connectivity index (χ3n) is 8.89. The Hall–Kier alpha value is -2.00. The summed E-state index contributed by atoms with van der Waals surface area (Å²) in [6.07, 6.45) is 17.5. The Bertz CT molecular complexity index is 991. The number of allylic oxidation sites excluding steroid dienone is 2. The van der Waals surface area contributed by atoms with Crippen LogP contribution in [0.15, 0.2) is 48.6 Å². The lowest BCUT2D eigenvalue weighted by atomic mass is 9.76. The van der Waals surface area contributed by atoms with Crippen molar-refractivity contribution in [1.82, 2.24) is 0 Å². The fraction of sp³-hybridized carbons (Fsp3) is 0.562. The second-order valence-electron chi connectivity index (χ2n) is 11.1. The Morgan fingerprint density at radius 2 is 1.43 bits per heavy atom. The predicted molar refractivity (Wildman–Crippen MR) is 139 cm³/mol. The van der Waals surface area contributed by atoms with Crippen molar-refractivity contribution in [1.29, 1.82) is 0 Å². The molecule has 2 aliphatic carbocycles. The summed E-state index contributed by atoms with van der Waals surface area (Å²) in [5.41, 5.74) is 3.90. The molecule has 1 nitrogen and oxygen atoms in total. The average molecular weight is 479 g/mol. The topological polar surface area (TPSA) is 12.5 Å². The number of hydrogen-bond acceptors (Lipinski definition) is 1. The van der Waals surface area contributed by atoms with E-state index in [4.69, 9.17) is 4.74 Å². The van der Waals surface area contributed by atoms with Gasteiger partial charge in [0.15, 0.2) is 11.6 Å². The number of halogens is 2. The van der Waals surface area contributed by atoms with Gasteiger partial charge in [0.1, 0.15) is 6.10 Å². The largest absolute Gasteiger partial charge is 0.368 e. The van der Waals surface area contributed by atoms with Crippen LogP contribution in [-0.4, -0.2) is 6.61 Å². The van der Waals surface area contributed by atoms with Crippen molar-refractivity contribution in [3.05, 3.63) is 82.4 Å². The zero-order valence-electron chi connectivity index (χ0n) is 21.2. The number of epoxide rings is 1. The second kappa shape index (κ2) is 11.4. The van der Waals surface area contributed by atoms with Crippen LogP contribution in [0.4, 0.5) is 8.78 Å². The van der Waals surface area contributed by atoms with Gasteiger partial charge in [0.2, 0.25) is 0 Å². The highest BCUT2D eigenvalue weighted by Gasteiger charge is 2.32. The van der Waals surface area contributed by atoms with E-state index in [1.165, 1.54) is 43.2 Å². The minimum Gasteiger partial charge on any atom is -0.368 e. The summed E-state index contributed by atoms with van der Waals surface area (Å²) < 4.78 is 34.2. The maximum Gasteiger partial charge on any atom is 0.165 e. The lowest BCUT2D eigenvalue weighted by molar-refractivity contribution is 0.305. The Morgan fingerprint density at radius 3 is 2.09 bits per heavy atom. The van der Waals surface area contributed by atoms with E-state index in [9.17, 15) is 8.78 Å². The van der Waals surface area contributed by atoms with Crippen LogP contribution in [-0.2, 0) is 11.2 Å². The maximum atomic E-state index is 14.7. The summed E-state index contributed by atoms with van der Waals surface area (Å²) in [6.45, 7) is 2.72. The number of benzene rings is 2. The number of hydrogen-bond donors (Lipinski definition) is 0. The molecule has 2 saturated carbocycles. The van der Waals surface area contributed by atoms with E-state index in [-0.39, 0.29) is 12.0 Å². The first-order valence-electron chi connectivity index (χ1n) is 14.0.